The van der Waals surface area contributed by atoms with E-state index in [-0.39, 0.29) is 16.8 Å². The third-order valence-corrected chi connectivity index (χ3v) is 2.46. The Kier molecular flexibility index (Phi) is 13.2. The highest BCUT2D eigenvalue weighted by molar-refractivity contribution is 9.25. The fourth-order valence-electron chi connectivity index (χ4n) is 0.872. The average Bonchev–Trinajstić information content (AvgIpc) is 2.20. The van der Waals surface area contributed by atoms with Crippen molar-refractivity contribution >= 4 is 71.6 Å². The molecule has 0 fully saturated rings. The molecule has 0 amide bonds. The SMILES string of the molecule is B.B.CC(C)(C)OC(=O)B(Br)OOB(Br)C(=O)OC(C)(C)C. The molecule has 0 N–H and O–H groups in total. The van der Waals surface area contributed by atoms with Crippen LogP contribution in [-0.2, 0) is 19.1 Å². The van der Waals surface area contributed by atoms with E-state index in [0.29, 0.717) is 0 Å². The summed E-state index contributed by atoms with van der Waals surface area (Å²) in [5.41, 5.74) is -3.59. The number of ether oxygens (including phenoxy) is 2. The average molecular weight is 443 g/mol. The molecule has 0 bridgehead atoms. The standard InChI is InChI=1S/C10H18B2Br2O6.2BH3/c1-9(2,3)17-7(15)11(13)19-20-12(14)8(16)18-10(4,5)6;;/h1-6H3;2*1H3. The van der Waals surface area contributed by atoms with Crippen LogP contribution < -0.4 is 0 Å². The Hall–Kier alpha value is 0.0797. The van der Waals surface area contributed by atoms with Gasteiger partial charge in [0.15, 0.2) is 0 Å². The zero-order valence-electron chi connectivity index (χ0n) is 12.4. The van der Waals surface area contributed by atoms with Crippen LogP contribution in [0.1, 0.15) is 41.5 Å². The molecule has 0 aliphatic rings. The van der Waals surface area contributed by atoms with E-state index in [1.807, 2.05) is 0 Å². The van der Waals surface area contributed by atoms with E-state index in [1.54, 1.807) is 41.5 Å². The van der Waals surface area contributed by atoms with Crippen LogP contribution >= 0.6 is 31.5 Å². The second-order valence-corrected chi connectivity index (χ2v) is 7.55. The lowest BCUT2D eigenvalue weighted by Gasteiger charge is -2.21. The number of rotatable bonds is 5. The van der Waals surface area contributed by atoms with Gasteiger partial charge < -0.3 is 9.47 Å². The zero-order chi connectivity index (χ0) is 16.1. The Balaban J connectivity index is -0.00000180. The molecule has 0 heterocycles. The largest absolute Gasteiger partial charge is 0.532 e. The Labute approximate surface area is 153 Å². The zero-order valence-corrected chi connectivity index (χ0v) is 15.5. The van der Waals surface area contributed by atoms with Gasteiger partial charge in [0.05, 0.1) is 16.8 Å². The van der Waals surface area contributed by atoms with E-state index in [4.69, 9.17) is 19.1 Å². The third-order valence-electron chi connectivity index (χ3n) is 1.41. The second-order valence-electron chi connectivity index (χ2n) is 5.89. The van der Waals surface area contributed by atoms with Crippen molar-refractivity contribution in [1.29, 1.82) is 0 Å². The van der Waals surface area contributed by atoms with Gasteiger partial charge in [-0.3, -0.25) is 19.2 Å². The minimum Gasteiger partial charge on any atom is -0.465 e. The van der Waals surface area contributed by atoms with Gasteiger partial charge in [-0.25, -0.2) is 0 Å². The fraction of sp³-hybridized carbons (Fsp3) is 0.800. The molecule has 0 aliphatic heterocycles. The molecule has 22 heavy (non-hydrogen) atoms. The summed E-state index contributed by atoms with van der Waals surface area (Å²) in [6.07, 6.45) is 0. The maximum atomic E-state index is 11.6. The minimum absolute atomic E-state index is 0. The lowest BCUT2D eigenvalue weighted by atomic mass is 10.0. The monoisotopic (exact) mass is 442 g/mol. The van der Waals surface area contributed by atoms with Crippen LogP contribution in [0.25, 0.3) is 0 Å². The van der Waals surface area contributed by atoms with E-state index in [2.05, 4.69) is 31.5 Å². The van der Waals surface area contributed by atoms with Crippen LogP contribution in [0.3, 0.4) is 0 Å². The summed E-state index contributed by atoms with van der Waals surface area (Å²) in [4.78, 5) is 32.6. The van der Waals surface area contributed by atoms with Crippen molar-refractivity contribution in [2.24, 2.45) is 0 Å². The van der Waals surface area contributed by atoms with Gasteiger partial charge in [0.2, 0.25) is 0 Å². The topological polar surface area (TPSA) is 71.1 Å². The summed E-state index contributed by atoms with van der Waals surface area (Å²) in [6.45, 7) is 10.3. The first-order valence-corrected chi connectivity index (χ1v) is 7.71. The quantitative estimate of drug-likeness (QED) is 0.363. The van der Waals surface area contributed by atoms with Crippen molar-refractivity contribution < 1.29 is 28.7 Å². The van der Waals surface area contributed by atoms with Crippen LogP contribution in [0.4, 0.5) is 9.59 Å². The Morgan fingerprint density at radius 1 is 0.727 bits per heavy atom. The highest BCUT2D eigenvalue weighted by Crippen LogP contribution is 2.15. The van der Waals surface area contributed by atoms with Crippen LogP contribution in [-0.4, -0.2) is 51.2 Å². The number of halogens is 2. The molecule has 0 rings (SSSR count). The molecule has 0 aromatic heterocycles. The minimum atomic E-state index is -1.15. The predicted molar refractivity (Wildman–Crippen MR) is 104 cm³/mol. The highest BCUT2D eigenvalue weighted by atomic mass is 79.9. The van der Waals surface area contributed by atoms with Crippen molar-refractivity contribution in [2.45, 2.75) is 52.7 Å². The van der Waals surface area contributed by atoms with Crippen molar-refractivity contribution in [2.75, 3.05) is 0 Å². The molecule has 12 heteroatoms. The molecule has 0 saturated heterocycles. The molecular weight excluding hydrogens is 419 g/mol. The van der Waals surface area contributed by atoms with Gasteiger partial charge in [0.25, 0.3) is 0 Å². The van der Waals surface area contributed by atoms with Crippen molar-refractivity contribution in [1.82, 2.24) is 0 Å². The Morgan fingerprint density at radius 3 is 1.14 bits per heavy atom. The van der Waals surface area contributed by atoms with Gasteiger partial charge in [-0.1, -0.05) is 31.5 Å². The van der Waals surface area contributed by atoms with Crippen LogP contribution in [0, 0.1) is 0 Å². The normalized spacial score (nSPS) is 10.7. The molecular formula is C10H24B4Br2O6. The molecule has 0 radical (unpaired) electrons. The summed E-state index contributed by atoms with van der Waals surface area (Å²) in [5.74, 6) is -1.33. The molecule has 0 aromatic carbocycles. The van der Waals surface area contributed by atoms with Crippen LogP contribution in [0.15, 0.2) is 0 Å². The van der Waals surface area contributed by atoms with Crippen molar-refractivity contribution in [3.05, 3.63) is 0 Å². The van der Waals surface area contributed by atoms with E-state index in [0.717, 1.165) is 0 Å². The molecule has 0 aromatic rings. The van der Waals surface area contributed by atoms with Crippen LogP contribution in [0.2, 0.25) is 0 Å². The smallest absolute Gasteiger partial charge is 0.465 e. The van der Waals surface area contributed by atoms with Gasteiger partial charge in [-0.05, 0) is 41.5 Å². The van der Waals surface area contributed by atoms with Crippen molar-refractivity contribution in [3.8, 4) is 0 Å². The van der Waals surface area contributed by atoms with E-state index in [1.165, 1.54) is 0 Å². The third kappa shape index (κ3) is 13.7. The summed E-state index contributed by atoms with van der Waals surface area (Å²) in [5, 5.41) is 0. The van der Waals surface area contributed by atoms with Crippen molar-refractivity contribution in [3.63, 3.8) is 0 Å². The lowest BCUT2D eigenvalue weighted by molar-refractivity contribution is -0.102. The lowest BCUT2D eigenvalue weighted by Crippen LogP contribution is -2.36. The van der Waals surface area contributed by atoms with Gasteiger partial charge in [-0.15, -0.1) is 0 Å². The molecule has 6 nitrogen and oxygen atoms in total. The van der Waals surface area contributed by atoms with Crippen LogP contribution in [0.5, 0.6) is 0 Å². The van der Waals surface area contributed by atoms with E-state index < -0.39 is 34.4 Å². The van der Waals surface area contributed by atoms with Gasteiger partial charge in [-0.2, -0.15) is 0 Å². The first-order chi connectivity index (χ1) is 8.82. The molecule has 0 unspecified atom stereocenters. The summed E-state index contributed by atoms with van der Waals surface area (Å²) < 4.78 is 10.1. The second kappa shape index (κ2) is 10.8. The first kappa shape index (κ1) is 27.0. The fourth-order valence-corrected chi connectivity index (χ4v) is 1.24. The Bertz CT molecular complexity index is 324. The molecule has 0 saturated carbocycles. The van der Waals surface area contributed by atoms with E-state index in [9.17, 15) is 9.59 Å². The summed E-state index contributed by atoms with van der Waals surface area (Å²) >= 11 is 5.88. The first-order valence-electron chi connectivity index (χ1n) is 5.88. The molecule has 0 spiro atoms. The maximum Gasteiger partial charge on any atom is 0.532 e. The summed E-state index contributed by atoms with van der Waals surface area (Å²) in [7, 11) is 0. The van der Waals surface area contributed by atoms with E-state index >= 15 is 0 Å². The number of hydrogen-bond acceptors (Lipinski definition) is 6. The molecule has 0 atom stereocenters. The predicted octanol–water partition coefficient (Wildman–Crippen LogP) is 1.37. The van der Waals surface area contributed by atoms with Gasteiger partial charge >= 0.3 is 23.2 Å². The van der Waals surface area contributed by atoms with Gasteiger partial charge in [0.1, 0.15) is 11.2 Å². The highest BCUT2D eigenvalue weighted by Gasteiger charge is 2.35. The number of carbonyl (C=O) groups excluding carboxylic acids is 2. The molecule has 0 aliphatic carbocycles. The van der Waals surface area contributed by atoms with Gasteiger partial charge in [0, 0.05) is 0 Å². The maximum absolute atomic E-state index is 11.6. The number of carbonyl (C=O) groups is 2. The number of hydrogen-bond donors (Lipinski definition) is 0. The Morgan fingerprint density at radius 2 is 0.955 bits per heavy atom. The summed E-state index contributed by atoms with van der Waals surface area (Å²) in [6, 6.07) is 0. The molecule has 126 valence electrons.